The monoisotopic (exact) mass is 302 g/mol. The fraction of sp³-hybridized carbons (Fsp3) is 0.933. The molecule has 0 radical (unpaired) electrons. The largest absolute Gasteiger partial charge is 0.388 e. The first-order valence-corrected chi connectivity index (χ1v) is 8.79. The zero-order valence-electron chi connectivity index (χ0n) is 13.5. The molecule has 0 aromatic carbocycles. The normalized spacial score (nSPS) is 20.8. The van der Waals surface area contributed by atoms with Gasteiger partial charge < -0.3 is 15.3 Å². The lowest BCUT2D eigenvalue weighted by molar-refractivity contribution is -0.140. The van der Waals surface area contributed by atoms with Gasteiger partial charge in [-0.1, -0.05) is 20.8 Å². The van der Waals surface area contributed by atoms with Crippen LogP contribution in [0.2, 0.25) is 0 Å². The third kappa shape index (κ3) is 5.62. The number of nitrogens with one attached hydrogen (secondary N) is 1. The fourth-order valence-electron chi connectivity index (χ4n) is 2.49. The van der Waals surface area contributed by atoms with Gasteiger partial charge in [0, 0.05) is 36.8 Å². The van der Waals surface area contributed by atoms with E-state index in [1.165, 1.54) is 0 Å². The molecule has 118 valence electrons. The van der Waals surface area contributed by atoms with Gasteiger partial charge in [-0.15, -0.1) is 0 Å². The first-order valence-electron chi connectivity index (χ1n) is 7.40. The molecule has 0 aromatic rings. The maximum Gasteiger partial charge on any atom is 0.227 e. The Morgan fingerprint density at radius 1 is 1.30 bits per heavy atom. The quantitative estimate of drug-likeness (QED) is 0.812. The smallest absolute Gasteiger partial charge is 0.227 e. The molecule has 1 heterocycles. The highest BCUT2D eigenvalue weighted by atomic mass is 32.2. The highest BCUT2D eigenvalue weighted by Crippen LogP contribution is 2.21. The molecule has 0 aromatic heterocycles. The van der Waals surface area contributed by atoms with Crippen LogP contribution in [0.5, 0.6) is 0 Å². The minimum absolute atomic E-state index is 0.241. The van der Waals surface area contributed by atoms with E-state index in [1.807, 2.05) is 38.9 Å². The highest BCUT2D eigenvalue weighted by Gasteiger charge is 2.30. The molecule has 1 fully saturated rings. The van der Waals surface area contributed by atoms with E-state index in [0.29, 0.717) is 12.6 Å². The molecular formula is C15H30N2O2S. The number of carbonyl (C=O) groups is 1. The summed E-state index contributed by atoms with van der Waals surface area (Å²) in [7, 11) is 0. The van der Waals surface area contributed by atoms with Crippen molar-refractivity contribution in [1.82, 2.24) is 10.2 Å². The first-order chi connectivity index (χ1) is 9.15. The maximum atomic E-state index is 12.2. The van der Waals surface area contributed by atoms with Gasteiger partial charge in [0.05, 0.1) is 5.60 Å². The number of hydrogen-bond donors (Lipinski definition) is 2. The van der Waals surface area contributed by atoms with Crippen LogP contribution < -0.4 is 5.32 Å². The van der Waals surface area contributed by atoms with Crippen LogP contribution in [-0.4, -0.2) is 59.2 Å². The van der Waals surface area contributed by atoms with Crippen molar-refractivity contribution >= 4 is 17.7 Å². The second-order valence-electron chi connectivity index (χ2n) is 7.13. The molecule has 1 unspecified atom stereocenters. The predicted molar refractivity (Wildman–Crippen MR) is 86.1 cm³/mol. The van der Waals surface area contributed by atoms with Crippen molar-refractivity contribution in [3.63, 3.8) is 0 Å². The molecule has 0 bridgehead atoms. The first kappa shape index (κ1) is 17.8. The summed E-state index contributed by atoms with van der Waals surface area (Å²) >= 11 is 1.66. The molecule has 0 spiro atoms. The standard InChI is InChI=1S/C15H30N2O2S/c1-14(2,3)13(18)17-8-6-12(7-9-17)16-10-15(4,19)11-20-5/h12,16,19H,6-11H2,1-5H3. The molecule has 0 aliphatic carbocycles. The van der Waals surface area contributed by atoms with Crippen molar-refractivity contribution in [2.45, 2.75) is 52.2 Å². The Bertz CT molecular complexity index is 318. The predicted octanol–water partition coefficient (Wildman–Crippen LogP) is 1.73. The molecule has 1 saturated heterocycles. The van der Waals surface area contributed by atoms with E-state index in [2.05, 4.69) is 5.32 Å². The second-order valence-corrected chi connectivity index (χ2v) is 7.99. The summed E-state index contributed by atoms with van der Waals surface area (Å²) in [5, 5.41) is 13.6. The van der Waals surface area contributed by atoms with Gasteiger partial charge in [0.15, 0.2) is 0 Å². The lowest BCUT2D eigenvalue weighted by Crippen LogP contribution is -2.51. The maximum absolute atomic E-state index is 12.2. The van der Waals surface area contributed by atoms with Gasteiger partial charge in [0.2, 0.25) is 5.91 Å². The van der Waals surface area contributed by atoms with Gasteiger partial charge in [-0.3, -0.25) is 4.79 Å². The van der Waals surface area contributed by atoms with Crippen LogP contribution >= 0.6 is 11.8 Å². The molecule has 1 rings (SSSR count). The van der Waals surface area contributed by atoms with Crippen LogP contribution in [0.1, 0.15) is 40.5 Å². The van der Waals surface area contributed by atoms with Crippen LogP contribution in [0.15, 0.2) is 0 Å². The number of rotatable bonds is 5. The lowest BCUT2D eigenvalue weighted by atomic mass is 9.93. The number of carbonyl (C=O) groups excluding carboxylic acids is 1. The third-order valence-corrected chi connectivity index (χ3v) is 4.56. The number of piperidine rings is 1. The molecule has 1 amide bonds. The van der Waals surface area contributed by atoms with Gasteiger partial charge in [-0.25, -0.2) is 0 Å². The third-order valence-electron chi connectivity index (χ3n) is 3.65. The summed E-state index contributed by atoms with van der Waals surface area (Å²) < 4.78 is 0. The van der Waals surface area contributed by atoms with Gasteiger partial charge in [0.1, 0.15) is 0 Å². The molecule has 0 saturated carbocycles. The fourth-order valence-corrected chi connectivity index (χ4v) is 3.21. The van der Waals surface area contributed by atoms with Crippen molar-refractivity contribution in [1.29, 1.82) is 0 Å². The van der Waals surface area contributed by atoms with Crippen LogP contribution in [0, 0.1) is 5.41 Å². The summed E-state index contributed by atoms with van der Waals surface area (Å²) in [6.45, 7) is 10.0. The van der Waals surface area contributed by atoms with E-state index in [0.717, 1.165) is 31.7 Å². The van der Waals surface area contributed by atoms with Gasteiger partial charge in [-0.2, -0.15) is 11.8 Å². The van der Waals surface area contributed by atoms with Gasteiger partial charge in [-0.05, 0) is 26.0 Å². The zero-order chi connectivity index (χ0) is 15.4. The molecule has 2 N–H and O–H groups in total. The Hall–Kier alpha value is -0.260. The minimum atomic E-state index is -0.655. The van der Waals surface area contributed by atoms with E-state index < -0.39 is 5.60 Å². The van der Waals surface area contributed by atoms with Crippen molar-refractivity contribution < 1.29 is 9.90 Å². The highest BCUT2D eigenvalue weighted by molar-refractivity contribution is 7.98. The second kappa shape index (κ2) is 7.14. The Balaban J connectivity index is 2.34. The van der Waals surface area contributed by atoms with Crippen LogP contribution in [-0.2, 0) is 4.79 Å². The number of likely N-dealkylation sites (tertiary alicyclic amines) is 1. The Kier molecular flexibility index (Phi) is 6.35. The summed E-state index contributed by atoms with van der Waals surface area (Å²) in [5.41, 5.74) is -0.944. The van der Waals surface area contributed by atoms with Crippen LogP contribution in [0.4, 0.5) is 0 Å². The van der Waals surface area contributed by atoms with Gasteiger partial charge in [0.25, 0.3) is 0 Å². The van der Waals surface area contributed by atoms with Crippen molar-refractivity contribution in [3.05, 3.63) is 0 Å². The molecule has 4 nitrogen and oxygen atoms in total. The van der Waals surface area contributed by atoms with Crippen LogP contribution in [0.3, 0.4) is 0 Å². The van der Waals surface area contributed by atoms with Crippen molar-refractivity contribution in [2.24, 2.45) is 5.41 Å². The number of nitrogens with zero attached hydrogens (tertiary/aromatic N) is 1. The molecule has 1 aliphatic rings. The summed E-state index contributed by atoms with van der Waals surface area (Å²) in [6.07, 6.45) is 3.94. The van der Waals surface area contributed by atoms with Crippen molar-refractivity contribution in [2.75, 3.05) is 31.6 Å². The Morgan fingerprint density at radius 2 is 1.85 bits per heavy atom. The Morgan fingerprint density at radius 3 is 2.30 bits per heavy atom. The molecule has 20 heavy (non-hydrogen) atoms. The van der Waals surface area contributed by atoms with E-state index in [9.17, 15) is 9.90 Å². The van der Waals surface area contributed by atoms with E-state index >= 15 is 0 Å². The SMILES string of the molecule is CSCC(C)(O)CNC1CCN(C(=O)C(C)(C)C)CC1. The summed E-state index contributed by atoms with van der Waals surface area (Å²) in [6, 6.07) is 0.410. The van der Waals surface area contributed by atoms with E-state index in [4.69, 9.17) is 0 Å². The van der Waals surface area contributed by atoms with Crippen molar-refractivity contribution in [3.8, 4) is 0 Å². The average molecular weight is 302 g/mol. The lowest BCUT2D eigenvalue weighted by Gasteiger charge is -2.37. The Labute approximate surface area is 127 Å². The van der Waals surface area contributed by atoms with Crippen LogP contribution in [0.25, 0.3) is 0 Å². The molecule has 5 heteroatoms. The number of hydrogen-bond acceptors (Lipinski definition) is 4. The summed E-state index contributed by atoms with van der Waals surface area (Å²) in [4.78, 5) is 14.2. The van der Waals surface area contributed by atoms with Gasteiger partial charge >= 0.3 is 0 Å². The average Bonchev–Trinajstić information content (AvgIpc) is 2.35. The molecule has 1 aliphatic heterocycles. The topological polar surface area (TPSA) is 52.6 Å². The number of thioether (sulfide) groups is 1. The zero-order valence-corrected chi connectivity index (χ0v) is 14.3. The molecular weight excluding hydrogens is 272 g/mol. The number of aliphatic hydroxyl groups is 1. The van der Waals surface area contributed by atoms with E-state index in [1.54, 1.807) is 11.8 Å². The minimum Gasteiger partial charge on any atom is -0.388 e. The number of amides is 1. The molecule has 1 atom stereocenters. The van der Waals surface area contributed by atoms with E-state index in [-0.39, 0.29) is 11.3 Å². The summed E-state index contributed by atoms with van der Waals surface area (Å²) in [5.74, 6) is 0.979.